The highest BCUT2D eigenvalue weighted by Gasteiger charge is 2.62. The summed E-state index contributed by atoms with van der Waals surface area (Å²) in [5.74, 6) is 3.45. The largest absolute Gasteiger partial charge is 0.0616 e. The van der Waals surface area contributed by atoms with Crippen LogP contribution in [0.1, 0.15) is 43.2 Å². The number of hydrogen-bond acceptors (Lipinski definition) is 0. The molecule has 0 aliphatic heterocycles. The van der Waals surface area contributed by atoms with Crippen LogP contribution in [0, 0.1) is 23.7 Å². The fourth-order valence-corrected chi connectivity index (χ4v) is 10.2. The Balaban J connectivity index is 1.38. The lowest BCUT2D eigenvalue weighted by atomic mass is 9.43. The first-order valence-electron chi connectivity index (χ1n) is 14.7. The van der Waals surface area contributed by atoms with E-state index >= 15 is 0 Å². The standard InChI is InChI=1S/C38H30/c1-3-7-26-20-33-28(18-24(26)5-1)10-12-35-36(33)32-11-9-29-19-25-6-2-4-8-27(25)21-34(29)37(32)38(35)30-14-22-13-23(16-30)17-31(38)15-22/h1-12,18-23,30-31H,13-17H2. The van der Waals surface area contributed by atoms with Crippen LogP contribution in [0.3, 0.4) is 0 Å². The van der Waals surface area contributed by atoms with E-state index in [2.05, 4.69) is 97.1 Å². The summed E-state index contributed by atoms with van der Waals surface area (Å²) in [6.07, 6.45) is 7.18. The van der Waals surface area contributed by atoms with Gasteiger partial charge < -0.3 is 0 Å². The Morgan fingerprint density at radius 1 is 0.474 bits per heavy atom. The lowest BCUT2D eigenvalue weighted by molar-refractivity contribution is -0.0393. The molecule has 0 unspecified atom stereocenters. The van der Waals surface area contributed by atoms with Crippen molar-refractivity contribution in [1.29, 1.82) is 0 Å². The quantitative estimate of drug-likeness (QED) is 0.187. The van der Waals surface area contributed by atoms with Crippen LogP contribution in [0.15, 0.2) is 97.1 Å². The maximum absolute atomic E-state index is 2.57. The molecule has 11 rings (SSSR count). The first kappa shape index (κ1) is 20.3. The van der Waals surface area contributed by atoms with E-state index in [-0.39, 0.29) is 5.41 Å². The average molecular weight is 487 g/mol. The monoisotopic (exact) mass is 486 g/mol. The molecule has 5 aliphatic carbocycles. The van der Waals surface area contributed by atoms with Crippen molar-refractivity contribution in [3.8, 4) is 11.1 Å². The Kier molecular flexibility index (Phi) is 3.67. The van der Waals surface area contributed by atoms with E-state index in [1.54, 1.807) is 16.7 Å². The van der Waals surface area contributed by atoms with Crippen LogP contribution in [0.2, 0.25) is 0 Å². The highest BCUT2D eigenvalue weighted by molar-refractivity contribution is 6.12. The van der Waals surface area contributed by atoms with Gasteiger partial charge in [-0.2, -0.15) is 0 Å². The second kappa shape index (κ2) is 6.86. The Hall–Kier alpha value is -3.64. The molecule has 1 spiro atoms. The third-order valence-electron chi connectivity index (χ3n) is 11.3. The maximum atomic E-state index is 2.57. The van der Waals surface area contributed by atoms with Crippen molar-refractivity contribution < 1.29 is 0 Å². The highest BCUT2D eigenvalue weighted by atomic mass is 14.6. The van der Waals surface area contributed by atoms with Crippen molar-refractivity contribution in [2.45, 2.75) is 37.5 Å². The molecular formula is C38H30. The fraction of sp³-hybridized carbons (Fsp3) is 0.263. The highest BCUT2D eigenvalue weighted by Crippen LogP contribution is 2.70. The molecule has 4 bridgehead atoms. The molecule has 0 atom stereocenters. The van der Waals surface area contributed by atoms with Crippen molar-refractivity contribution in [1.82, 2.24) is 0 Å². The van der Waals surface area contributed by atoms with Gasteiger partial charge in [0.25, 0.3) is 0 Å². The van der Waals surface area contributed by atoms with Crippen LogP contribution in [-0.4, -0.2) is 0 Å². The summed E-state index contributed by atoms with van der Waals surface area (Å²) in [6.45, 7) is 0. The SMILES string of the molecule is c1ccc2cc3c4c(ccc3cc2c1)C1(c2c-4ccc3cc4ccccc4cc23)C2CC3CC(C2)CC1C3. The third-order valence-corrected chi connectivity index (χ3v) is 11.3. The Morgan fingerprint density at radius 2 is 1.00 bits per heavy atom. The lowest BCUT2D eigenvalue weighted by Gasteiger charge is -2.61. The molecule has 0 saturated heterocycles. The second-order valence-corrected chi connectivity index (χ2v) is 13.0. The normalized spacial score (nSPS) is 28.6. The Bertz CT molecular complexity index is 1960. The number of fused-ring (bicyclic) bond motifs is 9. The molecule has 0 amide bonds. The van der Waals surface area contributed by atoms with Crippen LogP contribution in [0.5, 0.6) is 0 Å². The van der Waals surface area contributed by atoms with Crippen molar-refractivity contribution in [3.05, 3.63) is 108 Å². The van der Waals surface area contributed by atoms with Crippen molar-refractivity contribution in [2.75, 3.05) is 0 Å². The van der Waals surface area contributed by atoms with E-state index in [0.29, 0.717) is 0 Å². The minimum absolute atomic E-state index is 0.167. The minimum Gasteiger partial charge on any atom is -0.0616 e. The molecule has 5 aliphatic rings. The molecule has 38 heavy (non-hydrogen) atoms. The van der Waals surface area contributed by atoms with Crippen molar-refractivity contribution in [2.24, 2.45) is 23.7 Å². The maximum Gasteiger partial charge on any atom is 0.0278 e. The molecule has 0 nitrogen and oxygen atoms in total. The van der Waals surface area contributed by atoms with E-state index in [1.807, 2.05) is 0 Å². The van der Waals surface area contributed by atoms with Gasteiger partial charge in [0.1, 0.15) is 0 Å². The van der Waals surface area contributed by atoms with Crippen molar-refractivity contribution in [3.63, 3.8) is 0 Å². The van der Waals surface area contributed by atoms with Crippen LogP contribution in [-0.2, 0) is 5.41 Å². The predicted octanol–water partition coefficient (Wildman–Crippen LogP) is 10.0. The number of benzene rings is 6. The van der Waals surface area contributed by atoms with Crippen LogP contribution in [0.25, 0.3) is 54.2 Å². The Labute approximate surface area is 223 Å². The fourth-order valence-electron chi connectivity index (χ4n) is 10.2. The van der Waals surface area contributed by atoms with E-state index in [9.17, 15) is 0 Å². The molecule has 182 valence electrons. The van der Waals surface area contributed by atoms with Crippen LogP contribution >= 0.6 is 0 Å². The first-order chi connectivity index (χ1) is 18.8. The van der Waals surface area contributed by atoms with E-state index in [1.165, 1.54) is 80.8 Å². The van der Waals surface area contributed by atoms with Gasteiger partial charge in [0.15, 0.2) is 0 Å². The summed E-state index contributed by atoms with van der Waals surface area (Å²) < 4.78 is 0. The van der Waals surface area contributed by atoms with Gasteiger partial charge in [0.2, 0.25) is 0 Å². The van der Waals surface area contributed by atoms with Gasteiger partial charge in [0, 0.05) is 5.41 Å². The molecule has 0 heteroatoms. The van der Waals surface area contributed by atoms with Crippen LogP contribution in [0.4, 0.5) is 0 Å². The third kappa shape index (κ3) is 2.35. The zero-order valence-electron chi connectivity index (χ0n) is 21.6. The summed E-state index contributed by atoms with van der Waals surface area (Å²) in [5, 5.41) is 11.2. The van der Waals surface area contributed by atoms with Crippen molar-refractivity contribution >= 4 is 43.1 Å². The van der Waals surface area contributed by atoms with Gasteiger partial charge in [0.05, 0.1) is 0 Å². The smallest absolute Gasteiger partial charge is 0.0278 e. The van der Waals surface area contributed by atoms with Gasteiger partial charge in [-0.1, -0.05) is 72.8 Å². The predicted molar refractivity (Wildman–Crippen MR) is 160 cm³/mol. The first-order valence-corrected chi connectivity index (χ1v) is 14.7. The molecule has 0 heterocycles. The zero-order valence-corrected chi connectivity index (χ0v) is 21.6. The van der Waals surface area contributed by atoms with E-state index < -0.39 is 0 Å². The van der Waals surface area contributed by atoms with Gasteiger partial charge in [-0.15, -0.1) is 0 Å². The molecule has 6 aromatic carbocycles. The lowest BCUT2D eigenvalue weighted by Crippen LogP contribution is -2.55. The zero-order chi connectivity index (χ0) is 24.6. The van der Waals surface area contributed by atoms with Gasteiger partial charge in [-0.05, 0) is 145 Å². The second-order valence-electron chi connectivity index (χ2n) is 13.0. The Morgan fingerprint density at radius 3 is 1.63 bits per heavy atom. The van der Waals surface area contributed by atoms with Crippen LogP contribution < -0.4 is 0 Å². The van der Waals surface area contributed by atoms with E-state index in [4.69, 9.17) is 0 Å². The topological polar surface area (TPSA) is 0 Å². The minimum atomic E-state index is 0.167. The average Bonchev–Trinajstić information content (AvgIpc) is 3.25. The summed E-state index contributed by atoms with van der Waals surface area (Å²) in [4.78, 5) is 0. The van der Waals surface area contributed by atoms with Gasteiger partial charge in [-0.3, -0.25) is 0 Å². The molecule has 6 aromatic rings. The summed E-state index contributed by atoms with van der Waals surface area (Å²) in [5.41, 5.74) is 6.58. The van der Waals surface area contributed by atoms with E-state index in [0.717, 1.165) is 23.7 Å². The summed E-state index contributed by atoms with van der Waals surface area (Å²) >= 11 is 0. The molecule has 4 saturated carbocycles. The van der Waals surface area contributed by atoms with Gasteiger partial charge in [-0.25, -0.2) is 0 Å². The molecule has 0 radical (unpaired) electrons. The molecule has 0 N–H and O–H groups in total. The number of rotatable bonds is 0. The summed E-state index contributed by atoms with van der Waals surface area (Å²) in [7, 11) is 0. The molecular weight excluding hydrogens is 456 g/mol. The van der Waals surface area contributed by atoms with Gasteiger partial charge >= 0.3 is 0 Å². The molecule has 0 aromatic heterocycles. The molecule has 4 fully saturated rings. The summed E-state index contributed by atoms with van der Waals surface area (Å²) in [6, 6.07) is 37.7. The number of hydrogen-bond donors (Lipinski definition) is 0.